The molecule has 1 saturated carbocycles. The Hall–Kier alpha value is -5.25. The Morgan fingerprint density at radius 2 is 1.38 bits per heavy atom. The van der Waals surface area contributed by atoms with Crippen LogP contribution in [0.15, 0.2) is 132 Å². The van der Waals surface area contributed by atoms with Gasteiger partial charge in [0.15, 0.2) is 0 Å². The van der Waals surface area contributed by atoms with Crippen LogP contribution in [0, 0.1) is 6.92 Å². The number of rotatable bonds is 14. The molecule has 0 radical (unpaired) electrons. The molecule has 274 valence electrons. The van der Waals surface area contributed by atoms with Gasteiger partial charge in [-0.1, -0.05) is 116 Å². The zero-order valence-corrected chi connectivity index (χ0v) is 31.1. The SMILES string of the molecule is Cc1cccc(S(=O)(=O)N(C)CC(=O)N(Cc2ccc(C3CCCCC3)cc2)c2ccc(C(=O)OCc3ccccc3)c(OCc3ccccc3)c2)c1. The summed E-state index contributed by atoms with van der Waals surface area (Å²) < 4.78 is 40.1. The standard InChI is InChI=1S/C44H46N2O6S/c1-33-13-12-20-40(27-33)53(49,50)45(2)30-43(47)46(29-34-21-23-38(24-22-34)37-18-10-5-11-19-37)39-25-26-41(44(48)52-32-36-16-8-4-9-17-36)42(28-39)51-31-35-14-6-3-7-15-35/h3-4,6-9,12-17,20-28,37H,5,10-11,18-19,29-32H2,1-2H3. The van der Waals surface area contributed by atoms with Gasteiger partial charge in [-0.2, -0.15) is 4.31 Å². The van der Waals surface area contributed by atoms with E-state index < -0.39 is 28.4 Å². The Morgan fingerprint density at radius 1 is 0.717 bits per heavy atom. The van der Waals surface area contributed by atoms with Crippen molar-refractivity contribution < 1.29 is 27.5 Å². The van der Waals surface area contributed by atoms with Gasteiger partial charge in [-0.05, 0) is 77.8 Å². The maximum Gasteiger partial charge on any atom is 0.342 e. The van der Waals surface area contributed by atoms with Crippen LogP contribution >= 0.6 is 0 Å². The van der Waals surface area contributed by atoms with Crippen LogP contribution in [0.4, 0.5) is 5.69 Å². The largest absolute Gasteiger partial charge is 0.488 e. The Morgan fingerprint density at radius 3 is 2.04 bits per heavy atom. The van der Waals surface area contributed by atoms with Gasteiger partial charge in [-0.25, -0.2) is 13.2 Å². The second kappa shape index (κ2) is 17.5. The van der Waals surface area contributed by atoms with E-state index in [-0.39, 0.29) is 36.0 Å². The van der Waals surface area contributed by atoms with E-state index in [0.29, 0.717) is 11.6 Å². The van der Waals surface area contributed by atoms with Crippen molar-refractivity contribution in [2.45, 2.75) is 69.6 Å². The number of carbonyl (C=O) groups excluding carboxylic acids is 2. The second-order valence-electron chi connectivity index (χ2n) is 13.7. The molecule has 0 saturated heterocycles. The highest BCUT2D eigenvalue weighted by atomic mass is 32.2. The van der Waals surface area contributed by atoms with Gasteiger partial charge in [0.1, 0.15) is 24.5 Å². The molecule has 5 aromatic rings. The van der Waals surface area contributed by atoms with Crippen LogP contribution in [0.25, 0.3) is 0 Å². The molecule has 0 aromatic heterocycles. The molecule has 1 aliphatic rings. The fourth-order valence-corrected chi connectivity index (χ4v) is 7.88. The number of carbonyl (C=O) groups is 2. The van der Waals surface area contributed by atoms with E-state index in [4.69, 9.17) is 9.47 Å². The van der Waals surface area contributed by atoms with Gasteiger partial charge in [0, 0.05) is 18.8 Å². The van der Waals surface area contributed by atoms with Gasteiger partial charge in [-0.3, -0.25) is 4.79 Å². The van der Waals surface area contributed by atoms with Crippen molar-refractivity contribution in [1.82, 2.24) is 4.31 Å². The quantitative estimate of drug-likeness (QED) is 0.106. The van der Waals surface area contributed by atoms with Crippen LogP contribution in [0.1, 0.15) is 76.2 Å². The first-order chi connectivity index (χ1) is 25.7. The summed E-state index contributed by atoms with van der Waals surface area (Å²) in [5.74, 6) is -0.220. The molecular weight excluding hydrogens is 685 g/mol. The molecule has 9 heteroatoms. The first-order valence-electron chi connectivity index (χ1n) is 18.1. The number of amides is 1. The molecule has 0 N–H and O–H groups in total. The number of nitrogens with zero attached hydrogens (tertiary/aromatic N) is 2. The molecule has 0 spiro atoms. The summed E-state index contributed by atoms with van der Waals surface area (Å²) in [5, 5.41) is 0. The van der Waals surface area contributed by atoms with Crippen LogP contribution in [-0.4, -0.2) is 38.2 Å². The molecule has 53 heavy (non-hydrogen) atoms. The maximum absolute atomic E-state index is 14.3. The number of benzene rings is 5. The summed E-state index contributed by atoms with van der Waals surface area (Å²) in [5.41, 5.74) is 5.40. The number of likely N-dealkylation sites (N-methyl/N-ethyl adjacent to an activating group) is 1. The van der Waals surface area contributed by atoms with Crippen LogP contribution < -0.4 is 9.64 Å². The third kappa shape index (κ3) is 9.80. The van der Waals surface area contributed by atoms with Crippen LogP contribution in [0.3, 0.4) is 0 Å². The molecule has 1 amide bonds. The molecule has 8 nitrogen and oxygen atoms in total. The van der Waals surface area contributed by atoms with Gasteiger partial charge < -0.3 is 14.4 Å². The third-order valence-corrected chi connectivity index (χ3v) is 11.5. The van der Waals surface area contributed by atoms with Crippen molar-refractivity contribution >= 4 is 27.6 Å². The van der Waals surface area contributed by atoms with E-state index in [1.165, 1.54) is 50.8 Å². The van der Waals surface area contributed by atoms with E-state index in [2.05, 4.69) is 12.1 Å². The minimum absolute atomic E-state index is 0.0861. The number of esters is 1. The molecule has 0 atom stereocenters. The second-order valence-corrected chi connectivity index (χ2v) is 15.7. The average molecular weight is 731 g/mol. The number of anilines is 1. The highest BCUT2D eigenvalue weighted by Crippen LogP contribution is 2.34. The van der Waals surface area contributed by atoms with Gasteiger partial charge in [0.05, 0.1) is 18.0 Å². The van der Waals surface area contributed by atoms with Crippen molar-refractivity contribution in [3.63, 3.8) is 0 Å². The lowest BCUT2D eigenvalue weighted by Crippen LogP contribution is -2.41. The highest BCUT2D eigenvalue weighted by molar-refractivity contribution is 7.89. The Labute approximate surface area is 313 Å². The monoisotopic (exact) mass is 730 g/mol. The Kier molecular flexibility index (Phi) is 12.4. The van der Waals surface area contributed by atoms with Gasteiger partial charge in [-0.15, -0.1) is 0 Å². The van der Waals surface area contributed by atoms with Crippen molar-refractivity contribution in [2.75, 3.05) is 18.5 Å². The van der Waals surface area contributed by atoms with E-state index in [9.17, 15) is 18.0 Å². The average Bonchev–Trinajstić information content (AvgIpc) is 3.19. The fourth-order valence-electron chi connectivity index (χ4n) is 6.66. The molecular formula is C44H46N2O6S. The zero-order chi connectivity index (χ0) is 37.2. The zero-order valence-electron chi connectivity index (χ0n) is 30.3. The molecule has 6 rings (SSSR count). The fraction of sp³-hybridized carbons (Fsp3) is 0.273. The third-order valence-electron chi connectivity index (χ3n) is 9.70. The maximum atomic E-state index is 14.3. The van der Waals surface area contributed by atoms with E-state index in [1.807, 2.05) is 85.8 Å². The van der Waals surface area contributed by atoms with Gasteiger partial charge >= 0.3 is 5.97 Å². The summed E-state index contributed by atoms with van der Waals surface area (Å²) in [6, 6.07) is 38.9. The molecule has 0 unspecified atom stereocenters. The first kappa shape index (κ1) is 37.5. The number of hydrogen-bond donors (Lipinski definition) is 0. The normalized spacial score (nSPS) is 13.4. The van der Waals surface area contributed by atoms with E-state index >= 15 is 0 Å². The highest BCUT2D eigenvalue weighted by Gasteiger charge is 2.28. The smallest absolute Gasteiger partial charge is 0.342 e. The topological polar surface area (TPSA) is 93.2 Å². The van der Waals surface area contributed by atoms with Gasteiger partial charge in [0.2, 0.25) is 15.9 Å². The number of ether oxygens (including phenoxy) is 2. The lowest BCUT2D eigenvalue weighted by atomic mass is 9.84. The summed E-state index contributed by atoms with van der Waals surface area (Å²) >= 11 is 0. The summed E-state index contributed by atoms with van der Waals surface area (Å²) in [6.07, 6.45) is 6.10. The van der Waals surface area contributed by atoms with Crippen molar-refractivity contribution in [3.8, 4) is 5.75 Å². The molecule has 1 fully saturated rings. The van der Waals surface area contributed by atoms with E-state index in [1.54, 1.807) is 35.2 Å². The molecule has 0 bridgehead atoms. The van der Waals surface area contributed by atoms with Crippen molar-refractivity contribution in [3.05, 3.63) is 161 Å². The summed E-state index contributed by atoms with van der Waals surface area (Å²) in [4.78, 5) is 29.4. The Balaban J connectivity index is 1.31. The Bertz CT molecular complexity index is 2100. The lowest BCUT2D eigenvalue weighted by molar-refractivity contribution is -0.118. The molecule has 1 aliphatic carbocycles. The number of sulfonamides is 1. The number of hydrogen-bond acceptors (Lipinski definition) is 6. The summed E-state index contributed by atoms with van der Waals surface area (Å²) in [6.45, 7) is 1.86. The number of aryl methyl sites for hydroxylation is 1. The van der Waals surface area contributed by atoms with Crippen molar-refractivity contribution in [1.29, 1.82) is 0 Å². The first-order valence-corrected chi connectivity index (χ1v) is 19.6. The molecule has 0 heterocycles. The van der Waals surface area contributed by atoms with E-state index in [0.717, 1.165) is 26.6 Å². The predicted octanol–water partition coefficient (Wildman–Crippen LogP) is 8.83. The van der Waals surface area contributed by atoms with Crippen LogP contribution in [-0.2, 0) is 39.3 Å². The summed E-state index contributed by atoms with van der Waals surface area (Å²) in [7, 11) is -2.55. The van der Waals surface area contributed by atoms with Crippen molar-refractivity contribution in [2.24, 2.45) is 0 Å². The minimum atomic E-state index is -3.96. The molecule has 0 aliphatic heterocycles. The van der Waals surface area contributed by atoms with Crippen LogP contribution in [0.2, 0.25) is 0 Å². The predicted molar refractivity (Wildman–Crippen MR) is 207 cm³/mol. The lowest BCUT2D eigenvalue weighted by Gasteiger charge is -2.27. The van der Waals surface area contributed by atoms with Crippen LogP contribution in [0.5, 0.6) is 5.75 Å². The molecule has 5 aromatic carbocycles. The minimum Gasteiger partial charge on any atom is -0.488 e. The van der Waals surface area contributed by atoms with Gasteiger partial charge in [0.25, 0.3) is 0 Å².